The van der Waals surface area contributed by atoms with E-state index in [9.17, 15) is 0 Å². The molecule has 0 unspecified atom stereocenters. The summed E-state index contributed by atoms with van der Waals surface area (Å²) in [6.07, 6.45) is 4.51. The molecule has 0 bridgehead atoms. The van der Waals surface area contributed by atoms with Crippen LogP contribution < -0.4 is 3.61 Å². The average Bonchev–Trinajstić information content (AvgIpc) is 3.20. The zero-order valence-corrected chi connectivity index (χ0v) is 15.1. The molecule has 0 aliphatic heterocycles. The SMILES string of the molecule is C(=C\c1ccccc1)/C[Te]c1cc[cH-]c1.[Fe+2].c1cc[cH-]c1. The van der Waals surface area contributed by atoms with E-state index >= 15 is 0 Å². The van der Waals surface area contributed by atoms with E-state index in [1.54, 1.807) is 3.61 Å². The van der Waals surface area contributed by atoms with Crippen LogP contribution in [0.15, 0.2) is 91.0 Å². The van der Waals surface area contributed by atoms with Crippen LogP contribution in [0.3, 0.4) is 0 Å². The third-order valence-electron chi connectivity index (χ3n) is 2.64. The van der Waals surface area contributed by atoms with Crippen molar-refractivity contribution in [2.45, 2.75) is 4.47 Å². The minimum absolute atomic E-state index is 0. The van der Waals surface area contributed by atoms with E-state index in [4.69, 9.17) is 0 Å². The number of hydrogen-bond donors (Lipinski definition) is 0. The van der Waals surface area contributed by atoms with E-state index in [-0.39, 0.29) is 38.0 Å². The first-order valence-electron chi connectivity index (χ1n) is 6.68. The summed E-state index contributed by atoms with van der Waals surface area (Å²) >= 11 is 0.00538. The Labute approximate surface area is 148 Å². The van der Waals surface area contributed by atoms with E-state index in [0.29, 0.717) is 0 Å². The van der Waals surface area contributed by atoms with Crippen molar-refractivity contribution in [3.63, 3.8) is 0 Å². The molecule has 3 aromatic carbocycles. The molecule has 0 saturated carbocycles. The van der Waals surface area contributed by atoms with Crippen molar-refractivity contribution >= 4 is 30.6 Å². The number of rotatable bonds is 4. The molecule has 0 amide bonds. The molecule has 2 heteroatoms. The Hall–Kier alpha value is -1.03. The topological polar surface area (TPSA) is 0 Å². The molecule has 0 spiro atoms. The molecular formula is C19H18FeTe. The van der Waals surface area contributed by atoms with E-state index in [0.717, 1.165) is 0 Å². The number of hydrogen-bond acceptors (Lipinski definition) is 0. The quantitative estimate of drug-likeness (QED) is 0.429. The summed E-state index contributed by atoms with van der Waals surface area (Å²) < 4.78 is 2.79. The van der Waals surface area contributed by atoms with Crippen molar-refractivity contribution in [3.8, 4) is 0 Å². The van der Waals surface area contributed by atoms with Gasteiger partial charge in [-0.2, -0.15) is 18.2 Å². The molecule has 0 heterocycles. The zero-order valence-electron chi connectivity index (χ0n) is 11.7. The number of allylic oxidation sites excluding steroid dienone is 1. The van der Waals surface area contributed by atoms with Crippen LogP contribution >= 0.6 is 0 Å². The van der Waals surface area contributed by atoms with Gasteiger partial charge in [0.25, 0.3) is 0 Å². The predicted molar refractivity (Wildman–Crippen MR) is 89.7 cm³/mol. The molecular weight excluding hydrogens is 412 g/mol. The summed E-state index contributed by atoms with van der Waals surface area (Å²) in [6.45, 7) is 0. The molecule has 0 atom stereocenters. The summed E-state index contributed by atoms with van der Waals surface area (Å²) in [4.78, 5) is 0. The van der Waals surface area contributed by atoms with Crippen molar-refractivity contribution in [2.75, 3.05) is 0 Å². The van der Waals surface area contributed by atoms with E-state index in [1.807, 2.05) is 30.3 Å². The monoisotopic (exact) mass is 432 g/mol. The fourth-order valence-electron chi connectivity index (χ4n) is 1.67. The molecule has 21 heavy (non-hydrogen) atoms. The Kier molecular flexibility index (Phi) is 9.96. The second-order valence-corrected chi connectivity index (χ2v) is 7.33. The number of benzene rings is 1. The van der Waals surface area contributed by atoms with Gasteiger partial charge in [0.1, 0.15) is 0 Å². The van der Waals surface area contributed by atoms with E-state index in [1.165, 1.54) is 10.0 Å². The van der Waals surface area contributed by atoms with Gasteiger partial charge in [0.2, 0.25) is 0 Å². The summed E-state index contributed by atoms with van der Waals surface area (Å²) in [7, 11) is 0. The van der Waals surface area contributed by atoms with Crippen LogP contribution in [0.4, 0.5) is 0 Å². The van der Waals surface area contributed by atoms with Gasteiger partial charge >= 0.3 is 118 Å². The van der Waals surface area contributed by atoms with Crippen molar-refractivity contribution in [2.24, 2.45) is 0 Å². The van der Waals surface area contributed by atoms with Crippen LogP contribution in [0, 0.1) is 0 Å². The molecule has 3 rings (SSSR count). The average molecular weight is 430 g/mol. The minimum Gasteiger partial charge on any atom is -0.214 e. The van der Waals surface area contributed by atoms with Gasteiger partial charge in [0, 0.05) is 0 Å². The Morgan fingerprint density at radius 2 is 1.62 bits per heavy atom. The van der Waals surface area contributed by atoms with Gasteiger partial charge in [-0.3, -0.25) is 0 Å². The first kappa shape index (κ1) is 18.0. The van der Waals surface area contributed by atoms with Crippen LogP contribution in [0.2, 0.25) is 4.47 Å². The standard InChI is InChI=1S/C14H13Te.C5H5.Fe/c1-2-7-13(8-3-1)9-6-12-15-14-10-4-5-11-14;1-2-4-5-3-1;/h1-11H,12H2;1-5H;/q2*-1;+2/b9-6+;;. The minimum atomic E-state index is 0. The Bertz CT molecular complexity index is 548. The Morgan fingerprint density at radius 3 is 2.19 bits per heavy atom. The molecule has 0 aliphatic carbocycles. The van der Waals surface area contributed by atoms with Gasteiger partial charge in [-0.1, -0.05) is 0 Å². The van der Waals surface area contributed by atoms with Crippen LogP contribution in [0.25, 0.3) is 6.08 Å². The smallest absolute Gasteiger partial charge is 0.214 e. The summed E-state index contributed by atoms with van der Waals surface area (Å²) in [6, 6.07) is 29.2. The van der Waals surface area contributed by atoms with Crippen molar-refractivity contribution in [3.05, 3.63) is 96.6 Å². The largest absolute Gasteiger partial charge is 2.00 e. The molecule has 0 aliphatic rings. The zero-order chi connectivity index (χ0) is 13.9. The normalized spacial score (nSPS) is 9.71. The molecule has 0 nitrogen and oxygen atoms in total. The van der Waals surface area contributed by atoms with Gasteiger partial charge < -0.3 is 0 Å². The maximum atomic E-state index is 2.30. The van der Waals surface area contributed by atoms with E-state index < -0.39 is 0 Å². The van der Waals surface area contributed by atoms with Crippen molar-refractivity contribution < 1.29 is 17.1 Å². The molecule has 108 valence electrons. The van der Waals surface area contributed by atoms with Gasteiger partial charge in [0.15, 0.2) is 0 Å². The van der Waals surface area contributed by atoms with Gasteiger partial charge in [0.05, 0.1) is 0 Å². The van der Waals surface area contributed by atoms with E-state index in [2.05, 4.69) is 66.7 Å². The van der Waals surface area contributed by atoms with Crippen molar-refractivity contribution in [1.29, 1.82) is 0 Å². The van der Waals surface area contributed by atoms with Crippen LogP contribution in [0.1, 0.15) is 5.56 Å². The van der Waals surface area contributed by atoms with Gasteiger partial charge in [-0.05, 0) is 0 Å². The fourth-order valence-corrected chi connectivity index (χ4v) is 3.76. The maximum absolute atomic E-state index is 2.30. The summed E-state index contributed by atoms with van der Waals surface area (Å²) in [5.41, 5.74) is 1.30. The third-order valence-corrected chi connectivity index (χ3v) is 5.40. The Balaban J connectivity index is 0.000000313. The summed E-state index contributed by atoms with van der Waals surface area (Å²) in [5, 5.41) is 0. The molecule has 3 aromatic rings. The first-order chi connectivity index (χ1) is 9.95. The third kappa shape index (κ3) is 8.10. The maximum Gasteiger partial charge on any atom is 2.00 e. The van der Waals surface area contributed by atoms with Crippen LogP contribution in [-0.4, -0.2) is 20.9 Å². The first-order valence-corrected chi connectivity index (χ1v) is 9.49. The molecule has 0 aromatic heterocycles. The second kappa shape index (κ2) is 11.6. The second-order valence-electron chi connectivity index (χ2n) is 4.21. The predicted octanol–water partition coefficient (Wildman–Crippen LogP) is 4.27. The summed E-state index contributed by atoms with van der Waals surface area (Å²) in [5.74, 6) is 0. The fraction of sp³-hybridized carbons (Fsp3) is 0.0526. The van der Waals surface area contributed by atoms with Crippen molar-refractivity contribution in [1.82, 2.24) is 0 Å². The van der Waals surface area contributed by atoms with Crippen LogP contribution in [-0.2, 0) is 17.1 Å². The molecule has 0 saturated heterocycles. The van der Waals surface area contributed by atoms with Crippen LogP contribution in [0.5, 0.6) is 0 Å². The molecule has 0 fully saturated rings. The van der Waals surface area contributed by atoms with Gasteiger partial charge in [-0.15, -0.1) is 0 Å². The molecule has 0 radical (unpaired) electrons. The Morgan fingerprint density at radius 1 is 0.857 bits per heavy atom. The molecule has 0 N–H and O–H groups in total. The van der Waals surface area contributed by atoms with Gasteiger partial charge in [-0.25, -0.2) is 12.1 Å².